The molecule has 0 spiro atoms. The van der Waals surface area contributed by atoms with Crippen molar-refractivity contribution >= 4 is 17.1 Å². The number of ketones is 1. The third-order valence-corrected chi connectivity index (χ3v) is 2.85. The van der Waals surface area contributed by atoms with Crippen molar-refractivity contribution in [1.29, 1.82) is 0 Å². The van der Waals surface area contributed by atoms with Gasteiger partial charge in [0.2, 0.25) is 0 Å². The standard InChI is InChI=1S/C8H9NOS/c1-5-2-6-7(10)3-9-4-8(6)11-5/h2,9H,3-4H2,1H3. The Morgan fingerprint density at radius 1 is 1.55 bits per heavy atom. The molecule has 0 saturated heterocycles. The van der Waals surface area contributed by atoms with E-state index in [4.69, 9.17) is 0 Å². The molecule has 11 heavy (non-hydrogen) atoms. The Morgan fingerprint density at radius 2 is 2.36 bits per heavy atom. The number of nitrogens with one attached hydrogen (secondary N) is 1. The summed E-state index contributed by atoms with van der Waals surface area (Å²) in [6.07, 6.45) is 0. The summed E-state index contributed by atoms with van der Waals surface area (Å²) in [4.78, 5) is 13.7. The largest absolute Gasteiger partial charge is 0.305 e. The van der Waals surface area contributed by atoms with Gasteiger partial charge in [-0.1, -0.05) is 0 Å². The molecule has 2 heterocycles. The maximum atomic E-state index is 11.2. The van der Waals surface area contributed by atoms with Crippen LogP contribution in [0.5, 0.6) is 0 Å². The van der Waals surface area contributed by atoms with Crippen LogP contribution < -0.4 is 5.32 Å². The van der Waals surface area contributed by atoms with Gasteiger partial charge < -0.3 is 5.32 Å². The lowest BCUT2D eigenvalue weighted by molar-refractivity contribution is 0.0983. The minimum Gasteiger partial charge on any atom is -0.305 e. The monoisotopic (exact) mass is 167 g/mol. The number of carbonyl (C=O) groups excluding carboxylic acids is 1. The fourth-order valence-electron chi connectivity index (χ4n) is 1.31. The van der Waals surface area contributed by atoms with Gasteiger partial charge in [-0.2, -0.15) is 0 Å². The normalized spacial score (nSPS) is 16.6. The molecule has 1 aromatic heterocycles. The van der Waals surface area contributed by atoms with E-state index in [0.717, 1.165) is 12.1 Å². The minimum atomic E-state index is 0.232. The van der Waals surface area contributed by atoms with E-state index >= 15 is 0 Å². The Hall–Kier alpha value is -0.670. The van der Waals surface area contributed by atoms with Crippen LogP contribution in [0.15, 0.2) is 6.07 Å². The third-order valence-electron chi connectivity index (χ3n) is 1.80. The number of rotatable bonds is 0. The Bertz CT molecular complexity index is 303. The molecular weight excluding hydrogens is 158 g/mol. The van der Waals surface area contributed by atoms with Crippen molar-refractivity contribution in [3.8, 4) is 0 Å². The van der Waals surface area contributed by atoms with Gasteiger partial charge in [-0.3, -0.25) is 4.79 Å². The van der Waals surface area contributed by atoms with Gasteiger partial charge in [-0.25, -0.2) is 0 Å². The summed E-state index contributed by atoms with van der Waals surface area (Å²) >= 11 is 1.71. The molecule has 0 saturated carbocycles. The lowest BCUT2D eigenvalue weighted by atomic mass is 10.1. The molecule has 0 atom stereocenters. The van der Waals surface area contributed by atoms with Crippen molar-refractivity contribution in [3.05, 3.63) is 21.4 Å². The van der Waals surface area contributed by atoms with Gasteiger partial charge in [0.15, 0.2) is 5.78 Å². The lowest BCUT2D eigenvalue weighted by Crippen LogP contribution is -2.28. The van der Waals surface area contributed by atoms with Gasteiger partial charge in [0.1, 0.15) is 0 Å². The highest BCUT2D eigenvalue weighted by atomic mass is 32.1. The Morgan fingerprint density at radius 3 is 3.09 bits per heavy atom. The molecule has 1 N–H and O–H groups in total. The predicted octanol–water partition coefficient (Wildman–Crippen LogP) is 1.34. The van der Waals surface area contributed by atoms with E-state index in [1.54, 1.807) is 11.3 Å². The number of carbonyl (C=O) groups is 1. The summed E-state index contributed by atoms with van der Waals surface area (Å²) in [6, 6.07) is 1.99. The van der Waals surface area contributed by atoms with E-state index in [9.17, 15) is 4.79 Å². The van der Waals surface area contributed by atoms with Crippen molar-refractivity contribution in [2.24, 2.45) is 0 Å². The summed E-state index contributed by atoms with van der Waals surface area (Å²) in [6.45, 7) is 3.40. The minimum absolute atomic E-state index is 0.232. The van der Waals surface area contributed by atoms with Crippen molar-refractivity contribution < 1.29 is 4.79 Å². The maximum Gasteiger partial charge on any atom is 0.177 e. The quantitative estimate of drug-likeness (QED) is 0.631. The zero-order valence-corrected chi connectivity index (χ0v) is 7.12. The lowest BCUT2D eigenvalue weighted by Gasteiger charge is -2.09. The Kier molecular flexibility index (Phi) is 1.55. The van der Waals surface area contributed by atoms with Crippen LogP contribution in [0.1, 0.15) is 20.1 Å². The number of aryl methyl sites for hydroxylation is 1. The summed E-state index contributed by atoms with van der Waals surface area (Å²) < 4.78 is 0. The van der Waals surface area contributed by atoms with E-state index in [-0.39, 0.29) is 5.78 Å². The second-order valence-electron chi connectivity index (χ2n) is 2.72. The number of hydrogen-bond donors (Lipinski definition) is 1. The highest BCUT2D eigenvalue weighted by Gasteiger charge is 2.18. The SMILES string of the molecule is Cc1cc2c(s1)CNCC2=O. The molecule has 3 heteroatoms. The molecule has 0 radical (unpaired) electrons. The van der Waals surface area contributed by atoms with Crippen LogP contribution in [0.2, 0.25) is 0 Å². The van der Waals surface area contributed by atoms with E-state index in [0.29, 0.717) is 6.54 Å². The van der Waals surface area contributed by atoms with Crippen LogP contribution in [0.3, 0.4) is 0 Å². The first-order valence-corrected chi connectivity index (χ1v) is 4.42. The van der Waals surface area contributed by atoms with Crippen molar-refractivity contribution in [1.82, 2.24) is 5.32 Å². The van der Waals surface area contributed by atoms with Gasteiger partial charge in [-0.15, -0.1) is 11.3 Å². The number of fused-ring (bicyclic) bond motifs is 1. The highest BCUT2D eigenvalue weighted by molar-refractivity contribution is 7.12. The Labute approximate surface area is 69.2 Å². The average molecular weight is 167 g/mol. The van der Waals surface area contributed by atoms with Crippen LogP contribution in [0.25, 0.3) is 0 Å². The van der Waals surface area contributed by atoms with Gasteiger partial charge >= 0.3 is 0 Å². The number of thiophene rings is 1. The molecule has 58 valence electrons. The third kappa shape index (κ3) is 1.10. The second kappa shape index (κ2) is 2.43. The van der Waals surface area contributed by atoms with Crippen LogP contribution in [0.4, 0.5) is 0 Å². The van der Waals surface area contributed by atoms with Crippen LogP contribution >= 0.6 is 11.3 Å². The van der Waals surface area contributed by atoms with Gasteiger partial charge in [0.25, 0.3) is 0 Å². The van der Waals surface area contributed by atoms with E-state index in [1.807, 2.05) is 13.0 Å². The first-order valence-electron chi connectivity index (χ1n) is 3.60. The molecule has 0 aliphatic carbocycles. The van der Waals surface area contributed by atoms with Crippen LogP contribution in [-0.4, -0.2) is 12.3 Å². The first kappa shape index (κ1) is 7.00. The summed E-state index contributed by atoms with van der Waals surface area (Å²) in [7, 11) is 0. The fraction of sp³-hybridized carbons (Fsp3) is 0.375. The van der Waals surface area contributed by atoms with Gasteiger partial charge in [0, 0.05) is 21.9 Å². The summed E-state index contributed by atoms with van der Waals surface area (Å²) in [5.74, 6) is 0.232. The highest BCUT2D eigenvalue weighted by Crippen LogP contribution is 2.23. The summed E-state index contributed by atoms with van der Waals surface area (Å²) in [5.41, 5.74) is 0.936. The molecule has 0 unspecified atom stereocenters. The van der Waals surface area contributed by atoms with Crippen molar-refractivity contribution in [3.63, 3.8) is 0 Å². The molecule has 0 bridgehead atoms. The maximum absolute atomic E-state index is 11.2. The zero-order valence-electron chi connectivity index (χ0n) is 6.31. The van der Waals surface area contributed by atoms with E-state index < -0.39 is 0 Å². The average Bonchev–Trinajstić information content (AvgIpc) is 2.31. The van der Waals surface area contributed by atoms with Crippen molar-refractivity contribution in [2.75, 3.05) is 6.54 Å². The van der Waals surface area contributed by atoms with Gasteiger partial charge in [-0.05, 0) is 13.0 Å². The topological polar surface area (TPSA) is 29.1 Å². The van der Waals surface area contributed by atoms with E-state index in [1.165, 1.54) is 9.75 Å². The number of Topliss-reactive ketones (excluding diaryl/α,β-unsaturated/α-hetero) is 1. The van der Waals surface area contributed by atoms with Crippen molar-refractivity contribution in [2.45, 2.75) is 13.5 Å². The Balaban J connectivity index is 2.52. The predicted molar refractivity (Wildman–Crippen MR) is 45.1 cm³/mol. The molecule has 0 fully saturated rings. The molecule has 1 aliphatic heterocycles. The molecular formula is C8H9NOS. The number of hydrogen-bond acceptors (Lipinski definition) is 3. The van der Waals surface area contributed by atoms with Crippen LogP contribution in [-0.2, 0) is 6.54 Å². The summed E-state index contributed by atoms with van der Waals surface area (Å²) in [5, 5.41) is 3.06. The molecule has 2 nitrogen and oxygen atoms in total. The zero-order chi connectivity index (χ0) is 7.84. The second-order valence-corrected chi connectivity index (χ2v) is 4.06. The smallest absolute Gasteiger partial charge is 0.177 e. The molecule has 1 aromatic rings. The molecule has 2 rings (SSSR count). The van der Waals surface area contributed by atoms with Gasteiger partial charge in [0.05, 0.1) is 6.54 Å². The first-order chi connectivity index (χ1) is 5.27. The molecule has 0 amide bonds. The fourth-order valence-corrected chi connectivity index (χ4v) is 2.34. The molecule has 0 aromatic carbocycles. The van der Waals surface area contributed by atoms with Crippen LogP contribution in [0, 0.1) is 6.92 Å². The van der Waals surface area contributed by atoms with E-state index in [2.05, 4.69) is 5.32 Å². The molecule has 1 aliphatic rings.